The van der Waals surface area contributed by atoms with Crippen molar-refractivity contribution in [3.05, 3.63) is 58.1 Å². The summed E-state index contributed by atoms with van der Waals surface area (Å²) in [5.41, 5.74) is 5.96. The number of fused-ring (bicyclic) bond motifs is 2. The molecule has 32 heavy (non-hydrogen) atoms. The first-order valence-electron chi connectivity index (χ1n) is 10.8. The smallest absolute Gasteiger partial charge is 0.307 e. The van der Waals surface area contributed by atoms with Crippen LogP contribution in [0.3, 0.4) is 0 Å². The van der Waals surface area contributed by atoms with Crippen molar-refractivity contribution >= 4 is 21.6 Å². The lowest BCUT2D eigenvalue weighted by Crippen LogP contribution is -2.34. The molecule has 2 aromatic rings. The quantitative estimate of drug-likeness (QED) is 0.583. The largest absolute Gasteiger partial charge is 0.331 e. The molecule has 172 valence electrons. The zero-order valence-corrected chi connectivity index (χ0v) is 19.0. The molecule has 0 bridgehead atoms. The molecule has 0 aliphatic heterocycles. The van der Waals surface area contributed by atoms with Crippen LogP contribution in [0.1, 0.15) is 46.7 Å². The summed E-state index contributed by atoms with van der Waals surface area (Å²) in [4.78, 5) is 14.2. The zero-order chi connectivity index (χ0) is 23.0. The minimum absolute atomic E-state index is 0.0618. The third kappa shape index (κ3) is 4.36. The predicted molar refractivity (Wildman–Crippen MR) is 121 cm³/mol. The summed E-state index contributed by atoms with van der Waals surface area (Å²) in [7, 11) is -0.540. The number of urea groups is 1. The first-order valence-corrected chi connectivity index (χ1v) is 12.3. The molecule has 6 nitrogen and oxygen atoms in total. The lowest BCUT2D eigenvalue weighted by atomic mass is 9.99. The maximum Gasteiger partial charge on any atom is 0.331 e. The monoisotopic (exact) mass is 462 g/mol. The van der Waals surface area contributed by atoms with Crippen LogP contribution >= 0.6 is 0 Å². The van der Waals surface area contributed by atoms with Crippen LogP contribution in [0, 0.1) is 4.78 Å². The average molecular weight is 463 g/mol. The Kier molecular flexibility index (Phi) is 6.22. The van der Waals surface area contributed by atoms with Gasteiger partial charge in [-0.1, -0.05) is 18.2 Å². The highest BCUT2D eigenvalue weighted by Crippen LogP contribution is 2.38. The number of carbonyl (C=O) groups is 1. The maximum atomic E-state index is 13.3. The fraction of sp³-hybridized carbons (Fsp3) is 0.435. The number of benzene rings is 2. The second-order valence-electron chi connectivity index (χ2n) is 8.66. The fourth-order valence-electron chi connectivity index (χ4n) is 4.82. The molecule has 3 N–H and O–H groups in total. The molecule has 0 aromatic heterocycles. The number of anilines is 1. The van der Waals surface area contributed by atoms with E-state index < -0.39 is 28.4 Å². The lowest BCUT2D eigenvalue weighted by molar-refractivity contribution is 0.0488. The van der Waals surface area contributed by atoms with Gasteiger partial charge in [-0.25, -0.2) is 27.3 Å². The second kappa shape index (κ2) is 8.78. The van der Waals surface area contributed by atoms with Gasteiger partial charge in [-0.05, 0) is 92.6 Å². The van der Waals surface area contributed by atoms with E-state index in [1.165, 1.54) is 40.3 Å². The first kappa shape index (κ1) is 22.7. The van der Waals surface area contributed by atoms with E-state index in [1.807, 2.05) is 0 Å². The summed E-state index contributed by atoms with van der Waals surface area (Å²) in [6, 6.07) is 6.03. The van der Waals surface area contributed by atoms with Crippen LogP contribution in [0.2, 0.25) is 0 Å². The predicted octanol–water partition coefficient (Wildman–Crippen LogP) is 4.67. The molecule has 2 unspecified atom stereocenters. The van der Waals surface area contributed by atoms with Crippen LogP contribution in [0.15, 0.2) is 35.2 Å². The molecule has 2 aliphatic rings. The number of carbonyl (C=O) groups excluding carboxylic acids is 1. The Morgan fingerprint density at radius 3 is 2.09 bits per heavy atom. The van der Waals surface area contributed by atoms with Gasteiger partial charge in [0.25, 0.3) is 6.43 Å². The normalized spacial score (nSPS) is 17.7. The number of aryl methyl sites for hydroxylation is 2. The lowest BCUT2D eigenvalue weighted by Gasteiger charge is -2.24. The SMILES string of the molecule is CN(C)C(c1ccc(S(=N)(=O)NC(=O)Nc2c3c(cc4c2CCC4)CCC3)cc1)C(F)F. The maximum absolute atomic E-state index is 13.3. The fourth-order valence-corrected chi connectivity index (χ4v) is 5.77. The van der Waals surface area contributed by atoms with Crippen molar-refractivity contribution in [2.24, 2.45) is 0 Å². The highest BCUT2D eigenvalue weighted by Gasteiger charge is 2.27. The van der Waals surface area contributed by atoms with Crippen LogP contribution in [0.5, 0.6) is 0 Å². The van der Waals surface area contributed by atoms with Crippen molar-refractivity contribution in [2.75, 3.05) is 19.4 Å². The van der Waals surface area contributed by atoms with Gasteiger partial charge in [0.2, 0.25) is 0 Å². The van der Waals surface area contributed by atoms with Crippen LogP contribution in [0.4, 0.5) is 19.3 Å². The number of nitrogens with one attached hydrogen (secondary N) is 3. The van der Waals surface area contributed by atoms with Gasteiger partial charge < -0.3 is 5.32 Å². The minimum Gasteiger partial charge on any atom is -0.307 e. The summed E-state index contributed by atoms with van der Waals surface area (Å²) >= 11 is 0. The highest BCUT2D eigenvalue weighted by atomic mass is 32.2. The van der Waals surface area contributed by atoms with E-state index in [9.17, 15) is 17.8 Å². The van der Waals surface area contributed by atoms with Gasteiger partial charge in [0, 0.05) is 5.69 Å². The van der Waals surface area contributed by atoms with E-state index in [0.29, 0.717) is 5.56 Å². The molecule has 0 saturated carbocycles. The highest BCUT2D eigenvalue weighted by molar-refractivity contribution is 7.91. The molecule has 4 rings (SSSR count). The van der Waals surface area contributed by atoms with Gasteiger partial charge in [0.1, 0.15) is 0 Å². The summed E-state index contributed by atoms with van der Waals surface area (Å²) in [5.74, 6) is 0. The Labute approximate surface area is 187 Å². The van der Waals surface area contributed by atoms with Crippen molar-refractivity contribution in [2.45, 2.75) is 55.9 Å². The van der Waals surface area contributed by atoms with Gasteiger partial charge >= 0.3 is 6.03 Å². The van der Waals surface area contributed by atoms with E-state index in [1.54, 1.807) is 14.1 Å². The molecule has 0 saturated heterocycles. The van der Waals surface area contributed by atoms with Gasteiger partial charge in [0.15, 0.2) is 9.92 Å². The summed E-state index contributed by atoms with van der Waals surface area (Å²) in [5, 5.41) is 2.87. The van der Waals surface area contributed by atoms with Crippen LogP contribution in [-0.2, 0) is 35.6 Å². The Balaban J connectivity index is 1.52. The number of hydrogen-bond acceptors (Lipinski definition) is 4. The molecular weight excluding hydrogens is 434 g/mol. The first-order chi connectivity index (χ1) is 15.2. The number of rotatable bonds is 6. The summed E-state index contributed by atoms with van der Waals surface area (Å²) in [6.07, 6.45) is 3.28. The number of amides is 2. The number of alkyl halides is 2. The van der Waals surface area contributed by atoms with Crippen molar-refractivity contribution in [1.29, 1.82) is 4.78 Å². The molecule has 2 aromatic carbocycles. The van der Waals surface area contributed by atoms with E-state index >= 15 is 0 Å². The molecule has 0 fully saturated rings. The second-order valence-corrected chi connectivity index (χ2v) is 10.4. The van der Waals surface area contributed by atoms with Crippen molar-refractivity contribution in [3.8, 4) is 0 Å². The van der Waals surface area contributed by atoms with E-state index in [0.717, 1.165) is 55.3 Å². The molecule has 9 heteroatoms. The molecule has 0 spiro atoms. The van der Waals surface area contributed by atoms with Crippen molar-refractivity contribution < 1.29 is 17.8 Å². The zero-order valence-electron chi connectivity index (χ0n) is 18.2. The molecule has 2 atom stereocenters. The number of nitrogens with zero attached hydrogens (tertiary/aromatic N) is 1. The number of halogens is 2. The third-order valence-corrected chi connectivity index (χ3v) is 7.71. The Bertz CT molecular complexity index is 1090. The van der Waals surface area contributed by atoms with Crippen molar-refractivity contribution in [3.63, 3.8) is 0 Å². The number of hydrogen-bond donors (Lipinski definition) is 3. The Morgan fingerprint density at radius 2 is 1.59 bits per heavy atom. The van der Waals surface area contributed by atoms with Crippen molar-refractivity contribution in [1.82, 2.24) is 9.62 Å². The summed E-state index contributed by atoms with van der Waals surface area (Å²) in [6.45, 7) is 0. The standard InChI is InChI=1S/C23H28F2N4O2S/c1-29(2)21(22(24)25)14-9-11-17(12-10-14)32(26,31)28-23(30)27-20-18-7-3-5-15(18)13-16-6-4-8-19(16)20/h9-13,21-22H,3-8H2,1-2H3,(H3,26,27,28,30,31). The van der Waals surface area contributed by atoms with E-state index in [-0.39, 0.29) is 4.90 Å². The van der Waals surface area contributed by atoms with E-state index in [4.69, 9.17) is 4.78 Å². The van der Waals surface area contributed by atoms with Gasteiger partial charge in [-0.2, -0.15) is 0 Å². The molecule has 2 aliphatic carbocycles. The Morgan fingerprint density at radius 1 is 1.03 bits per heavy atom. The molecule has 2 amide bonds. The molecule has 0 radical (unpaired) electrons. The molecular formula is C23H28F2N4O2S. The van der Waals surface area contributed by atoms with Crippen LogP contribution in [0.25, 0.3) is 0 Å². The van der Waals surface area contributed by atoms with Crippen LogP contribution in [-0.4, -0.2) is 35.7 Å². The van der Waals surface area contributed by atoms with Gasteiger partial charge in [0.05, 0.1) is 10.9 Å². The minimum atomic E-state index is -3.65. The third-order valence-electron chi connectivity index (χ3n) is 6.30. The van der Waals surface area contributed by atoms with Crippen LogP contribution < -0.4 is 10.0 Å². The van der Waals surface area contributed by atoms with Gasteiger partial charge in [-0.15, -0.1) is 0 Å². The topological polar surface area (TPSA) is 85.3 Å². The molecule has 0 heterocycles. The summed E-state index contributed by atoms with van der Waals surface area (Å²) < 4.78 is 50.1. The van der Waals surface area contributed by atoms with E-state index in [2.05, 4.69) is 16.1 Å². The Hall–Kier alpha value is -2.52. The van der Waals surface area contributed by atoms with Gasteiger partial charge in [-0.3, -0.25) is 4.90 Å². The average Bonchev–Trinajstić information content (AvgIpc) is 3.36.